The standard InChI is InChI=1S/C16H23N3O2/c1-11(13-8-6-7-9-15(13)20-4)17-10-14-12(2)18-19(3)16(14)21-5/h6-9,11,17H,10H2,1-5H3/t11-/m0/s1. The van der Waals surface area contributed by atoms with E-state index in [9.17, 15) is 0 Å². The summed E-state index contributed by atoms with van der Waals surface area (Å²) < 4.78 is 12.6. The average molecular weight is 289 g/mol. The highest BCUT2D eigenvalue weighted by molar-refractivity contribution is 5.36. The molecule has 5 heteroatoms. The minimum absolute atomic E-state index is 0.172. The number of aryl methyl sites for hydroxylation is 2. The number of para-hydroxylation sites is 1. The van der Waals surface area contributed by atoms with Gasteiger partial charge in [-0.3, -0.25) is 0 Å². The molecule has 0 saturated heterocycles. The minimum atomic E-state index is 0.172. The third kappa shape index (κ3) is 3.19. The van der Waals surface area contributed by atoms with E-state index in [-0.39, 0.29) is 6.04 Å². The van der Waals surface area contributed by atoms with Gasteiger partial charge in [0.15, 0.2) is 0 Å². The van der Waals surface area contributed by atoms with E-state index in [0.29, 0.717) is 6.54 Å². The van der Waals surface area contributed by atoms with Gasteiger partial charge in [0, 0.05) is 25.2 Å². The van der Waals surface area contributed by atoms with Gasteiger partial charge in [0.2, 0.25) is 5.88 Å². The molecule has 0 aliphatic carbocycles. The van der Waals surface area contributed by atoms with Crippen molar-refractivity contribution in [3.05, 3.63) is 41.1 Å². The van der Waals surface area contributed by atoms with Gasteiger partial charge in [0.1, 0.15) is 5.75 Å². The maximum absolute atomic E-state index is 5.42. The average Bonchev–Trinajstić information content (AvgIpc) is 2.77. The summed E-state index contributed by atoms with van der Waals surface area (Å²) in [4.78, 5) is 0. The molecule has 0 bridgehead atoms. The monoisotopic (exact) mass is 289 g/mol. The van der Waals surface area contributed by atoms with Gasteiger partial charge in [-0.2, -0.15) is 5.10 Å². The van der Waals surface area contributed by atoms with E-state index in [0.717, 1.165) is 28.5 Å². The summed E-state index contributed by atoms with van der Waals surface area (Å²) in [7, 11) is 5.25. The molecule has 0 fully saturated rings. The first-order chi connectivity index (χ1) is 10.1. The number of hydrogen-bond donors (Lipinski definition) is 1. The molecule has 1 atom stereocenters. The number of benzene rings is 1. The van der Waals surface area contributed by atoms with Gasteiger partial charge in [0.25, 0.3) is 0 Å². The van der Waals surface area contributed by atoms with Crippen molar-refractivity contribution in [2.45, 2.75) is 26.4 Å². The fourth-order valence-corrected chi connectivity index (χ4v) is 2.53. The maximum atomic E-state index is 5.42. The molecule has 2 rings (SSSR count). The minimum Gasteiger partial charge on any atom is -0.496 e. The SMILES string of the molecule is COc1ccccc1[C@H](C)NCc1c(C)nn(C)c1OC. The maximum Gasteiger partial charge on any atom is 0.216 e. The van der Waals surface area contributed by atoms with Crippen LogP contribution in [-0.2, 0) is 13.6 Å². The summed E-state index contributed by atoms with van der Waals surface area (Å²) in [5, 5.41) is 7.90. The Kier molecular flexibility index (Phi) is 4.85. The highest BCUT2D eigenvalue weighted by atomic mass is 16.5. The number of hydrogen-bond acceptors (Lipinski definition) is 4. The second kappa shape index (κ2) is 6.63. The van der Waals surface area contributed by atoms with Gasteiger partial charge >= 0.3 is 0 Å². The fourth-order valence-electron chi connectivity index (χ4n) is 2.53. The Morgan fingerprint density at radius 3 is 2.62 bits per heavy atom. The van der Waals surface area contributed by atoms with Crippen LogP contribution in [0.3, 0.4) is 0 Å². The Morgan fingerprint density at radius 2 is 1.95 bits per heavy atom. The topological polar surface area (TPSA) is 48.3 Å². The van der Waals surface area contributed by atoms with E-state index in [4.69, 9.17) is 9.47 Å². The Balaban J connectivity index is 2.13. The number of rotatable bonds is 6. The first-order valence-corrected chi connectivity index (χ1v) is 7.01. The normalized spacial score (nSPS) is 12.2. The third-order valence-corrected chi connectivity index (χ3v) is 3.67. The van der Waals surface area contributed by atoms with Gasteiger partial charge in [-0.25, -0.2) is 4.68 Å². The lowest BCUT2D eigenvalue weighted by atomic mass is 10.1. The highest BCUT2D eigenvalue weighted by Crippen LogP contribution is 2.26. The van der Waals surface area contributed by atoms with Crippen molar-refractivity contribution < 1.29 is 9.47 Å². The fraction of sp³-hybridized carbons (Fsp3) is 0.438. The lowest BCUT2D eigenvalue weighted by Gasteiger charge is -2.17. The van der Waals surface area contributed by atoms with Gasteiger partial charge < -0.3 is 14.8 Å². The number of ether oxygens (including phenoxy) is 2. The zero-order valence-corrected chi connectivity index (χ0v) is 13.3. The van der Waals surface area contributed by atoms with E-state index in [2.05, 4.69) is 23.4 Å². The molecule has 114 valence electrons. The molecule has 1 aromatic heterocycles. The van der Waals surface area contributed by atoms with Crippen molar-refractivity contribution in [3.8, 4) is 11.6 Å². The predicted molar refractivity (Wildman–Crippen MR) is 82.7 cm³/mol. The number of nitrogens with one attached hydrogen (secondary N) is 1. The van der Waals surface area contributed by atoms with Crippen molar-refractivity contribution in [2.24, 2.45) is 7.05 Å². The Hall–Kier alpha value is -2.01. The molecule has 0 spiro atoms. The summed E-state index contributed by atoms with van der Waals surface area (Å²) in [6.45, 7) is 4.81. The lowest BCUT2D eigenvalue weighted by molar-refractivity contribution is 0.366. The van der Waals surface area contributed by atoms with Crippen LogP contribution in [0.5, 0.6) is 11.6 Å². The summed E-state index contributed by atoms with van der Waals surface area (Å²) in [5.41, 5.74) is 3.20. The van der Waals surface area contributed by atoms with Gasteiger partial charge in [0.05, 0.1) is 25.5 Å². The Labute approximate surface area is 125 Å². The second-order valence-electron chi connectivity index (χ2n) is 5.04. The van der Waals surface area contributed by atoms with E-state index >= 15 is 0 Å². The largest absolute Gasteiger partial charge is 0.496 e. The van der Waals surface area contributed by atoms with Crippen LogP contribution in [-0.4, -0.2) is 24.0 Å². The number of aromatic nitrogens is 2. The molecular weight excluding hydrogens is 266 g/mol. The summed E-state index contributed by atoms with van der Waals surface area (Å²) in [6.07, 6.45) is 0. The molecule has 1 aromatic carbocycles. The van der Waals surface area contributed by atoms with Crippen LogP contribution in [0, 0.1) is 6.92 Å². The van der Waals surface area contributed by atoms with E-state index < -0.39 is 0 Å². The van der Waals surface area contributed by atoms with Crippen molar-refractivity contribution in [2.75, 3.05) is 14.2 Å². The van der Waals surface area contributed by atoms with Crippen LogP contribution >= 0.6 is 0 Å². The molecule has 2 aromatic rings. The zero-order valence-electron chi connectivity index (χ0n) is 13.3. The molecule has 0 radical (unpaired) electrons. The van der Waals surface area contributed by atoms with E-state index in [1.807, 2.05) is 32.2 Å². The molecule has 0 aliphatic rings. The number of methoxy groups -OCH3 is 2. The lowest BCUT2D eigenvalue weighted by Crippen LogP contribution is -2.19. The molecule has 0 amide bonds. The van der Waals surface area contributed by atoms with Crippen LogP contribution in [0.1, 0.15) is 29.8 Å². The summed E-state index contributed by atoms with van der Waals surface area (Å²) in [5.74, 6) is 1.69. The number of nitrogens with zero attached hydrogens (tertiary/aromatic N) is 2. The first-order valence-electron chi connectivity index (χ1n) is 7.01. The van der Waals surface area contributed by atoms with Crippen molar-refractivity contribution in [3.63, 3.8) is 0 Å². The molecular formula is C16H23N3O2. The second-order valence-corrected chi connectivity index (χ2v) is 5.04. The van der Waals surface area contributed by atoms with Crippen molar-refractivity contribution in [1.82, 2.24) is 15.1 Å². The van der Waals surface area contributed by atoms with Crippen LogP contribution < -0.4 is 14.8 Å². The van der Waals surface area contributed by atoms with E-state index in [1.54, 1.807) is 18.9 Å². The molecule has 5 nitrogen and oxygen atoms in total. The zero-order chi connectivity index (χ0) is 15.4. The van der Waals surface area contributed by atoms with Gasteiger partial charge in [-0.05, 0) is 19.9 Å². The molecule has 0 aliphatic heterocycles. The van der Waals surface area contributed by atoms with Crippen LogP contribution in [0.25, 0.3) is 0 Å². The van der Waals surface area contributed by atoms with Gasteiger partial charge in [-0.1, -0.05) is 18.2 Å². The highest BCUT2D eigenvalue weighted by Gasteiger charge is 2.16. The molecule has 1 heterocycles. The smallest absolute Gasteiger partial charge is 0.216 e. The quantitative estimate of drug-likeness (QED) is 0.888. The molecule has 1 N–H and O–H groups in total. The summed E-state index contributed by atoms with van der Waals surface area (Å²) >= 11 is 0. The Bertz CT molecular complexity index is 608. The van der Waals surface area contributed by atoms with E-state index in [1.165, 1.54) is 0 Å². The van der Waals surface area contributed by atoms with Crippen LogP contribution in [0.2, 0.25) is 0 Å². The van der Waals surface area contributed by atoms with Crippen LogP contribution in [0.15, 0.2) is 24.3 Å². The molecule has 0 saturated carbocycles. The van der Waals surface area contributed by atoms with Crippen molar-refractivity contribution in [1.29, 1.82) is 0 Å². The van der Waals surface area contributed by atoms with Crippen molar-refractivity contribution >= 4 is 0 Å². The van der Waals surface area contributed by atoms with Gasteiger partial charge in [-0.15, -0.1) is 0 Å². The first kappa shape index (κ1) is 15.4. The summed E-state index contributed by atoms with van der Waals surface area (Å²) in [6, 6.07) is 8.22. The Morgan fingerprint density at radius 1 is 1.24 bits per heavy atom. The predicted octanol–water partition coefficient (Wildman–Crippen LogP) is 2.60. The third-order valence-electron chi connectivity index (χ3n) is 3.67. The van der Waals surface area contributed by atoms with Crippen LogP contribution in [0.4, 0.5) is 0 Å². The molecule has 21 heavy (non-hydrogen) atoms. The molecule has 0 unspecified atom stereocenters.